The Balaban J connectivity index is 1.42. The number of hydrogen-bond donors (Lipinski definition) is 2. The third-order valence-corrected chi connectivity index (χ3v) is 7.45. The van der Waals surface area contributed by atoms with Gasteiger partial charge in [-0.2, -0.15) is 0 Å². The Morgan fingerprint density at radius 2 is 0.978 bits per heavy atom. The number of ether oxygens (including phenoxy) is 2. The third-order valence-electron chi connectivity index (χ3n) is 7.45. The minimum Gasteiger partial charge on any atom is -0.454 e. The number of aromatic nitrogens is 3. The van der Waals surface area contributed by atoms with Crippen LogP contribution < -0.4 is 17.1 Å². The Labute approximate surface area is 255 Å². The smallest absolute Gasteiger partial charge is 0.339 e. The number of carbonyl (C=O) groups is 2. The molecule has 2 atom stereocenters. The van der Waals surface area contributed by atoms with Crippen molar-refractivity contribution < 1.29 is 29.3 Å². The molecule has 1 aromatic heterocycles. The molecule has 0 bridgehead atoms. The summed E-state index contributed by atoms with van der Waals surface area (Å²) in [5.74, 6) is -1.55. The van der Waals surface area contributed by atoms with Gasteiger partial charge >= 0.3 is 29.0 Å². The standard InChI is InChI=1S/C33H31N3O9/c1-2-34-31(41)35(17-23(19-37)44-29(39)27-15-7-11-21-9-3-5-13-25(21)27)33(43)36(32(34)42)18-24(20-38)45-30(40)28-16-8-12-22-10-4-6-14-26(22)28/h3-16,23-24,37-38H,2,17-20H2,1H3. The molecule has 0 fully saturated rings. The summed E-state index contributed by atoms with van der Waals surface area (Å²) in [6, 6.07) is 24.4. The molecule has 4 aromatic carbocycles. The van der Waals surface area contributed by atoms with E-state index in [-0.39, 0.29) is 17.7 Å². The molecule has 0 saturated carbocycles. The molecule has 232 valence electrons. The van der Waals surface area contributed by atoms with E-state index in [1.165, 1.54) is 6.92 Å². The highest BCUT2D eigenvalue weighted by atomic mass is 16.6. The van der Waals surface area contributed by atoms with E-state index < -0.39 is 67.5 Å². The largest absolute Gasteiger partial charge is 0.454 e. The van der Waals surface area contributed by atoms with Crippen molar-refractivity contribution in [3.63, 3.8) is 0 Å². The van der Waals surface area contributed by atoms with Gasteiger partial charge in [0.2, 0.25) is 0 Å². The molecule has 0 amide bonds. The first kappa shape index (κ1) is 31.1. The van der Waals surface area contributed by atoms with Crippen molar-refractivity contribution >= 4 is 33.5 Å². The van der Waals surface area contributed by atoms with Crippen LogP contribution in [-0.2, 0) is 29.1 Å². The second-order valence-electron chi connectivity index (χ2n) is 10.3. The molecule has 0 aliphatic carbocycles. The van der Waals surface area contributed by atoms with Crippen LogP contribution in [0.5, 0.6) is 0 Å². The molecule has 2 N–H and O–H groups in total. The monoisotopic (exact) mass is 613 g/mol. The predicted octanol–water partition coefficient (Wildman–Crippen LogP) is 1.93. The Kier molecular flexibility index (Phi) is 9.36. The molecule has 2 unspecified atom stereocenters. The van der Waals surface area contributed by atoms with Gasteiger partial charge in [0.25, 0.3) is 0 Å². The first-order valence-corrected chi connectivity index (χ1v) is 14.3. The van der Waals surface area contributed by atoms with Gasteiger partial charge in [0, 0.05) is 6.54 Å². The lowest BCUT2D eigenvalue weighted by Crippen LogP contribution is -2.56. The van der Waals surface area contributed by atoms with Gasteiger partial charge in [-0.05, 0) is 40.6 Å². The van der Waals surface area contributed by atoms with Crippen molar-refractivity contribution in [3.8, 4) is 0 Å². The van der Waals surface area contributed by atoms with Crippen LogP contribution in [0.15, 0.2) is 99.3 Å². The number of rotatable bonds is 11. The van der Waals surface area contributed by atoms with Crippen LogP contribution in [0.3, 0.4) is 0 Å². The van der Waals surface area contributed by atoms with E-state index in [1.54, 1.807) is 48.5 Å². The molecule has 5 rings (SSSR count). The molecule has 0 spiro atoms. The zero-order valence-electron chi connectivity index (χ0n) is 24.4. The van der Waals surface area contributed by atoms with E-state index >= 15 is 0 Å². The normalized spacial score (nSPS) is 12.6. The van der Waals surface area contributed by atoms with Gasteiger partial charge in [-0.25, -0.2) is 37.7 Å². The van der Waals surface area contributed by atoms with Crippen LogP contribution >= 0.6 is 0 Å². The maximum Gasteiger partial charge on any atom is 0.339 e. The minimum absolute atomic E-state index is 0.114. The third kappa shape index (κ3) is 6.33. The highest BCUT2D eigenvalue weighted by Crippen LogP contribution is 2.21. The Hall–Kier alpha value is -5.33. The lowest BCUT2D eigenvalue weighted by Gasteiger charge is -2.21. The van der Waals surface area contributed by atoms with E-state index in [2.05, 4.69) is 0 Å². The lowest BCUT2D eigenvalue weighted by atomic mass is 10.0. The molecule has 12 heteroatoms. The molecule has 0 aliphatic rings. The predicted molar refractivity (Wildman–Crippen MR) is 165 cm³/mol. The van der Waals surface area contributed by atoms with E-state index in [0.717, 1.165) is 15.3 Å². The maximum absolute atomic E-state index is 13.5. The van der Waals surface area contributed by atoms with Gasteiger partial charge < -0.3 is 19.7 Å². The van der Waals surface area contributed by atoms with E-state index in [4.69, 9.17) is 9.47 Å². The van der Waals surface area contributed by atoms with E-state index in [0.29, 0.717) is 19.9 Å². The van der Waals surface area contributed by atoms with Crippen molar-refractivity contribution in [3.05, 3.63) is 128 Å². The summed E-state index contributed by atoms with van der Waals surface area (Å²) in [7, 11) is 0. The van der Waals surface area contributed by atoms with Crippen LogP contribution in [0.25, 0.3) is 21.5 Å². The van der Waals surface area contributed by atoms with Crippen LogP contribution in [0.4, 0.5) is 0 Å². The first-order chi connectivity index (χ1) is 21.8. The Morgan fingerprint density at radius 1 is 0.600 bits per heavy atom. The average Bonchev–Trinajstić information content (AvgIpc) is 3.06. The van der Waals surface area contributed by atoms with E-state index in [1.807, 2.05) is 36.4 Å². The van der Waals surface area contributed by atoms with Gasteiger partial charge in [0.15, 0.2) is 0 Å². The zero-order chi connectivity index (χ0) is 32.1. The van der Waals surface area contributed by atoms with Gasteiger partial charge in [-0.15, -0.1) is 0 Å². The van der Waals surface area contributed by atoms with Crippen molar-refractivity contribution in [1.29, 1.82) is 0 Å². The summed E-state index contributed by atoms with van der Waals surface area (Å²) >= 11 is 0. The Morgan fingerprint density at radius 3 is 1.38 bits per heavy atom. The second kappa shape index (κ2) is 13.5. The molecule has 5 aromatic rings. The van der Waals surface area contributed by atoms with Crippen LogP contribution in [0, 0.1) is 0 Å². The fraction of sp³-hybridized carbons (Fsp3) is 0.242. The molecule has 12 nitrogen and oxygen atoms in total. The first-order valence-electron chi connectivity index (χ1n) is 14.3. The summed E-state index contributed by atoms with van der Waals surface area (Å²) in [5.41, 5.74) is -2.58. The fourth-order valence-electron chi connectivity index (χ4n) is 5.17. The number of esters is 2. The SMILES string of the molecule is CCn1c(=O)n(CC(CO)OC(=O)c2cccc3ccccc23)c(=O)n(CC(CO)OC(=O)c2cccc3ccccc23)c1=O. The summed E-state index contributed by atoms with van der Waals surface area (Å²) in [6.45, 7) is -1.17. The Bertz CT molecular complexity index is 1910. The number of hydrogen-bond acceptors (Lipinski definition) is 9. The van der Waals surface area contributed by atoms with Gasteiger partial charge in [-0.3, -0.25) is 0 Å². The number of fused-ring (bicyclic) bond motifs is 2. The van der Waals surface area contributed by atoms with Gasteiger partial charge in [0.05, 0.1) is 37.4 Å². The zero-order valence-corrected chi connectivity index (χ0v) is 24.4. The van der Waals surface area contributed by atoms with Gasteiger partial charge in [0.1, 0.15) is 12.2 Å². The molecule has 0 radical (unpaired) electrons. The number of nitrogens with zero attached hydrogens (tertiary/aromatic N) is 3. The van der Waals surface area contributed by atoms with E-state index in [9.17, 15) is 34.2 Å². The van der Waals surface area contributed by atoms with Crippen LogP contribution in [0.1, 0.15) is 27.6 Å². The van der Waals surface area contributed by atoms with Crippen molar-refractivity contribution in [2.75, 3.05) is 13.2 Å². The lowest BCUT2D eigenvalue weighted by molar-refractivity contribution is 0.00566. The molecule has 45 heavy (non-hydrogen) atoms. The minimum atomic E-state index is -1.32. The van der Waals surface area contributed by atoms with Crippen LogP contribution in [-0.4, -0.2) is 61.3 Å². The van der Waals surface area contributed by atoms with Gasteiger partial charge in [-0.1, -0.05) is 72.8 Å². The quantitative estimate of drug-likeness (QED) is 0.212. The average molecular weight is 614 g/mol. The number of benzene rings is 4. The summed E-state index contributed by atoms with van der Waals surface area (Å²) in [4.78, 5) is 66.0. The number of aliphatic hydroxyl groups is 2. The highest BCUT2D eigenvalue weighted by Gasteiger charge is 2.25. The highest BCUT2D eigenvalue weighted by molar-refractivity contribution is 6.05. The maximum atomic E-state index is 13.5. The second-order valence-corrected chi connectivity index (χ2v) is 10.3. The molecular formula is C33H31N3O9. The molecule has 0 saturated heterocycles. The van der Waals surface area contributed by atoms with Crippen molar-refractivity contribution in [2.45, 2.75) is 38.8 Å². The topological polar surface area (TPSA) is 159 Å². The summed E-state index contributed by atoms with van der Waals surface area (Å²) in [5, 5.41) is 22.9. The molecule has 1 heterocycles. The van der Waals surface area contributed by atoms with Crippen molar-refractivity contribution in [1.82, 2.24) is 13.7 Å². The van der Waals surface area contributed by atoms with Crippen molar-refractivity contribution in [2.24, 2.45) is 0 Å². The fourth-order valence-corrected chi connectivity index (χ4v) is 5.17. The molecular weight excluding hydrogens is 582 g/mol. The number of carbonyl (C=O) groups excluding carboxylic acids is 2. The number of aliphatic hydroxyl groups excluding tert-OH is 2. The summed E-state index contributed by atoms with van der Waals surface area (Å²) < 4.78 is 13.1. The van der Waals surface area contributed by atoms with Crippen LogP contribution in [0.2, 0.25) is 0 Å². The molecule has 0 aliphatic heterocycles. The summed E-state index contributed by atoms with van der Waals surface area (Å²) in [6.07, 6.45) is -2.65.